The second-order valence-electron chi connectivity index (χ2n) is 7.02. The molecule has 0 aliphatic carbocycles. The Labute approximate surface area is 180 Å². The van der Waals surface area contributed by atoms with Crippen LogP contribution in [0.25, 0.3) is 0 Å². The fourth-order valence-corrected chi connectivity index (χ4v) is 3.71. The van der Waals surface area contributed by atoms with Crippen molar-refractivity contribution in [3.05, 3.63) is 47.0 Å². The standard InChI is InChI=1S/C22H25ClN2O5/c1-28-18-7-5-16(12-17(18)23)24-22(27)15-11-21(26)25(13-15)9-8-14-4-6-19(29-2)20(10-14)30-3/h4-7,10,12,15H,8-9,11,13H2,1-3H3,(H,24,27). The number of carbonyl (C=O) groups excluding carboxylic acids is 2. The van der Waals surface area contributed by atoms with Gasteiger partial charge >= 0.3 is 0 Å². The lowest BCUT2D eigenvalue weighted by atomic mass is 10.1. The van der Waals surface area contributed by atoms with Crippen molar-refractivity contribution in [2.75, 3.05) is 39.7 Å². The summed E-state index contributed by atoms with van der Waals surface area (Å²) in [6, 6.07) is 10.7. The molecule has 1 fully saturated rings. The zero-order valence-corrected chi connectivity index (χ0v) is 18.0. The van der Waals surface area contributed by atoms with E-state index < -0.39 is 5.92 Å². The normalized spacial score (nSPS) is 15.8. The average Bonchev–Trinajstić information content (AvgIpc) is 3.12. The fraction of sp³-hybridized carbons (Fsp3) is 0.364. The number of methoxy groups -OCH3 is 3. The average molecular weight is 433 g/mol. The van der Waals surface area contributed by atoms with Gasteiger partial charge in [0.25, 0.3) is 0 Å². The Hall–Kier alpha value is -2.93. The number of ether oxygens (including phenoxy) is 3. The van der Waals surface area contributed by atoms with Crippen LogP contribution in [0.1, 0.15) is 12.0 Å². The van der Waals surface area contributed by atoms with Crippen molar-refractivity contribution >= 4 is 29.1 Å². The smallest absolute Gasteiger partial charge is 0.229 e. The molecule has 1 heterocycles. The van der Waals surface area contributed by atoms with Gasteiger partial charge in [0, 0.05) is 25.2 Å². The molecule has 2 amide bonds. The highest BCUT2D eigenvalue weighted by molar-refractivity contribution is 6.32. The number of likely N-dealkylation sites (tertiary alicyclic amines) is 1. The molecule has 1 atom stereocenters. The van der Waals surface area contributed by atoms with E-state index in [1.54, 1.807) is 37.3 Å². The molecule has 1 aliphatic heterocycles. The topological polar surface area (TPSA) is 77.1 Å². The molecule has 0 radical (unpaired) electrons. The van der Waals surface area contributed by atoms with Crippen molar-refractivity contribution in [2.45, 2.75) is 12.8 Å². The first-order valence-electron chi connectivity index (χ1n) is 9.58. The van der Waals surface area contributed by atoms with Crippen LogP contribution in [-0.2, 0) is 16.0 Å². The number of carbonyl (C=O) groups is 2. The van der Waals surface area contributed by atoms with E-state index in [1.165, 1.54) is 7.11 Å². The molecule has 1 aliphatic rings. The Morgan fingerprint density at radius 1 is 1.07 bits per heavy atom. The van der Waals surface area contributed by atoms with Crippen molar-refractivity contribution in [3.63, 3.8) is 0 Å². The number of benzene rings is 2. The molecule has 7 nitrogen and oxygen atoms in total. The third kappa shape index (κ3) is 4.97. The van der Waals surface area contributed by atoms with E-state index in [0.29, 0.717) is 47.5 Å². The number of nitrogens with zero attached hydrogens (tertiary/aromatic N) is 1. The lowest BCUT2D eigenvalue weighted by Gasteiger charge is -2.17. The van der Waals surface area contributed by atoms with E-state index in [-0.39, 0.29) is 18.2 Å². The van der Waals surface area contributed by atoms with Gasteiger partial charge in [-0.3, -0.25) is 9.59 Å². The van der Waals surface area contributed by atoms with Crippen LogP contribution in [0.3, 0.4) is 0 Å². The molecule has 0 spiro atoms. The summed E-state index contributed by atoms with van der Waals surface area (Å²) in [6.07, 6.45) is 0.857. The van der Waals surface area contributed by atoms with E-state index in [4.69, 9.17) is 25.8 Å². The first-order valence-corrected chi connectivity index (χ1v) is 9.96. The number of hydrogen-bond acceptors (Lipinski definition) is 5. The van der Waals surface area contributed by atoms with Crippen LogP contribution in [0.5, 0.6) is 17.2 Å². The third-order valence-corrected chi connectivity index (χ3v) is 5.42. The predicted octanol–water partition coefficient (Wildman–Crippen LogP) is 3.40. The Morgan fingerprint density at radius 3 is 2.43 bits per heavy atom. The van der Waals surface area contributed by atoms with Crippen LogP contribution in [0.4, 0.5) is 5.69 Å². The lowest BCUT2D eigenvalue weighted by molar-refractivity contribution is -0.128. The number of anilines is 1. The third-order valence-electron chi connectivity index (χ3n) is 5.12. The number of halogens is 1. The van der Waals surface area contributed by atoms with Gasteiger partial charge in [-0.05, 0) is 42.3 Å². The molecule has 2 aromatic rings. The van der Waals surface area contributed by atoms with Crippen molar-refractivity contribution in [2.24, 2.45) is 5.92 Å². The van der Waals surface area contributed by atoms with E-state index in [9.17, 15) is 9.59 Å². The maximum atomic E-state index is 12.6. The van der Waals surface area contributed by atoms with E-state index >= 15 is 0 Å². The van der Waals surface area contributed by atoms with Gasteiger partial charge in [-0.1, -0.05) is 17.7 Å². The van der Waals surface area contributed by atoms with Gasteiger partial charge in [-0.2, -0.15) is 0 Å². The molecule has 0 bridgehead atoms. The van der Waals surface area contributed by atoms with E-state index in [2.05, 4.69) is 5.32 Å². The second kappa shape index (κ2) is 9.71. The Bertz CT molecular complexity index is 934. The van der Waals surface area contributed by atoms with Crippen molar-refractivity contribution in [1.29, 1.82) is 0 Å². The van der Waals surface area contributed by atoms with Crippen LogP contribution < -0.4 is 19.5 Å². The maximum Gasteiger partial charge on any atom is 0.229 e. The van der Waals surface area contributed by atoms with Gasteiger partial charge in [0.1, 0.15) is 5.75 Å². The lowest BCUT2D eigenvalue weighted by Crippen LogP contribution is -2.30. The summed E-state index contributed by atoms with van der Waals surface area (Å²) in [5.41, 5.74) is 1.60. The minimum atomic E-state index is -0.399. The maximum absolute atomic E-state index is 12.6. The molecule has 0 aromatic heterocycles. The predicted molar refractivity (Wildman–Crippen MR) is 115 cm³/mol. The summed E-state index contributed by atoms with van der Waals surface area (Å²) >= 11 is 6.10. The van der Waals surface area contributed by atoms with Crippen LogP contribution in [0.2, 0.25) is 5.02 Å². The van der Waals surface area contributed by atoms with E-state index in [0.717, 1.165) is 5.56 Å². The number of nitrogens with one attached hydrogen (secondary N) is 1. The summed E-state index contributed by atoms with van der Waals surface area (Å²) in [4.78, 5) is 26.7. The van der Waals surface area contributed by atoms with Gasteiger partial charge in [0.15, 0.2) is 11.5 Å². The van der Waals surface area contributed by atoms with Crippen LogP contribution in [-0.4, -0.2) is 51.1 Å². The van der Waals surface area contributed by atoms with Gasteiger partial charge in [0.2, 0.25) is 11.8 Å². The molecule has 1 unspecified atom stereocenters. The zero-order chi connectivity index (χ0) is 21.7. The summed E-state index contributed by atoms with van der Waals surface area (Å²) in [6.45, 7) is 0.925. The van der Waals surface area contributed by atoms with Gasteiger partial charge in [-0.25, -0.2) is 0 Å². The minimum absolute atomic E-state index is 0.0246. The molecule has 2 aromatic carbocycles. The zero-order valence-electron chi connectivity index (χ0n) is 17.2. The number of rotatable bonds is 8. The van der Waals surface area contributed by atoms with Crippen molar-refractivity contribution in [3.8, 4) is 17.2 Å². The van der Waals surface area contributed by atoms with Gasteiger partial charge in [-0.15, -0.1) is 0 Å². The summed E-state index contributed by atoms with van der Waals surface area (Å²) in [5, 5.41) is 3.24. The monoisotopic (exact) mass is 432 g/mol. The second-order valence-corrected chi connectivity index (χ2v) is 7.43. The van der Waals surface area contributed by atoms with Crippen molar-refractivity contribution < 1.29 is 23.8 Å². The van der Waals surface area contributed by atoms with Crippen LogP contribution in [0.15, 0.2) is 36.4 Å². The fourth-order valence-electron chi connectivity index (χ4n) is 3.45. The summed E-state index contributed by atoms with van der Waals surface area (Å²) in [7, 11) is 4.70. The SMILES string of the molecule is COc1ccc(NC(=O)C2CC(=O)N(CCc3ccc(OC)c(OC)c3)C2)cc1Cl. The largest absolute Gasteiger partial charge is 0.495 e. The molecule has 1 N–H and O–H groups in total. The summed E-state index contributed by atoms with van der Waals surface area (Å²) in [5.74, 6) is 1.23. The first kappa shape index (κ1) is 21.8. The highest BCUT2D eigenvalue weighted by atomic mass is 35.5. The molecule has 3 rings (SSSR count). The Balaban J connectivity index is 1.57. The van der Waals surface area contributed by atoms with Gasteiger partial charge < -0.3 is 24.4 Å². The Morgan fingerprint density at radius 2 is 1.77 bits per heavy atom. The Kier molecular flexibility index (Phi) is 7.05. The van der Waals surface area contributed by atoms with Crippen LogP contribution >= 0.6 is 11.6 Å². The van der Waals surface area contributed by atoms with E-state index in [1.807, 2.05) is 18.2 Å². The van der Waals surface area contributed by atoms with Gasteiger partial charge in [0.05, 0.1) is 32.3 Å². The highest BCUT2D eigenvalue weighted by Gasteiger charge is 2.34. The summed E-state index contributed by atoms with van der Waals surface area (Å²) < 4.78 is 15.7. The highest BCUT2D eigenvalue weighted by Crippen LogP contribution is 2.29. The van der Waals surface area contributed by atoms with Crippen molar-refractivity contribution in [1.82, 2.24) is 4.90 Å². The van der Waals surface area contributed by atoms with Crippen LogP contribution in [0, 0.1) is 5.92 Å². The molecular formula is C22H25ClN2O5. The molecule has 160 valence electrons. The number of hydrogen-bond donors (Lipinski definition) is 1. The molecular weight excluding hydrogens is 408 g/mol. The molecule has 0 saturated carbocycles. The molecule has 1 saturated heterocycles. The number of amides is 2. The molecule has 30 heavy (non-hydrogen) atoms. The molecule has 8 heteroatoms. The first-order chi connectivity index (χ1) is 14.4. The minimum Gasteiger partial charge on any atom is -0.495 e. The quantitative estimate of drug-likeness (QED) is 0.691.